The van der Waals surface area contributed by atoms with Crippen LogP contribution in [0, 0.1) is 0 Å². The molecular formula is C25H30N4O2S. The first-order valence-corrected chi connectivity index (χ1v) is 12.1. The quantitative estimate of drug-likeness (QED) is 0.382. The minimum absolute atomic E-state index is 0.124. The molecule has 0 saturated carbocycles. The number of benzene rings is 2. The van der Waals surface area contributed by atoms with Crippen molar-refractivity contribution in [3.8, 4) is 0 Å². The van der Waals surface area contributed by atoms with Gasteiger partial charge in [-0.15, -0.1) is 0 Å². The van der Waals surface area contributed by atoms with Crippen molar-refractivity contribution in [2.24, 2.45) is 0 Å². The van der Waals surface area contributed by atoms with Gasteiger partial charge >= 0.3 is 0 Å². The summed E-state index contributed by atoms with van der Waals surface area (Å²) in [6, 6.07) is 18.2. The highest BCUT2D eigenvalue weighted by molar-refractivity contribution is 8.00. The second-order valence-electron chi connectivity index (χ2n) is 7.95. The number of rotatable bonds is 8. The second kappa shape index (κ2) is 10.9. The lowest BCUT2D eigenvalue weighted by atomic mass is 10.2. The number of hydrogen-bond donors (Lipinski definition) is 0. The fourth-order valence-electron chi connectivity index (χ4n) is 3.84. The Morgan fingerprint density at radius 3 is 2.56 bits per heavy atom. The Bertz CT molecular complexity index is 1040. The van der Waals surface area contributed by atoms with Gasteiger partial charge in [-0.25, -0.2) is 9.97 Å². The van der Waals surface area contributed by atoms with Gasteiger partial charge < -0.3 is 9.64 Å². The zero-order valence-electron chi connectivity index (χ0n) is 18.7. The third-order valence-electron chi connectivity index (χ3n) is 5.63. The molecule has 1 atom stereocenters. The van der Waals surface area contributed by atoms with E-state index < -0.39 is 0 Å². The molecule has 168 valence electrons. The Morgan fingerprint density at radius 1 is 1.09 bits per heavy atom. The summed E-state index contributed by atoms with van der Waals surface area (Å²) in [5.41, 5.74) is 2.06. The Balaban J connectivity index is 1.53. The van der Waals surface area contributed by atoms with Crippen LogP contribution in [0.5, 0.6) is 0 Å². The third-order valence-corrected chi connectivity index (χ3v) is 6.72. The number of fused-ring (bicyclic) bond motifs is 1. The molecule has 0 spiro atoms. The smallest absolute Gasteiger partial charge is 0.236 e. The van der Waals surface area contributed by atoms with Crippen molar-refractivity contribution in [2.75, 3.05) is 32.8 Å². The molecule has 1 aliphatic heterocycles. The second-order valence-corrected chi connectivity index (χ2v) is 9.28. The molecule has 2 aromatic carbocycles. The molecule has 0 bridgehead atoms. The molecule has 1 saturated heterocycles. The molecule has 6 nitrogen and oxygen atoms in total. The number of nitrogens with zero attached hydrogens (tertiary/aromatic N) is 4. The van der Waals surface area contributed by atoms with E-state index in [1.54, 1.807) is 0 Å². The van der Waals surface area contributed by atoms with E-state index in [9.17, 15) is 4.79 Å². The highest BCUT2D eigenvalue weighted by Gasteiger charge is 2.23. The van der Waals surface area contributed by atoms with E-state index in [1.165, 1.54) is 11.8 Å². The highest BCUT2D eigenvalue weighted by atomic mass is 32.2. The summed E-state index contributed by atoms with van der Waals surface area (Å²) < 4.78 is 5.46. The fourth-order valence-corrected chi connectivity index (χ4v) is 4.88. The van der Waals surface area contributed by atoms with Crippen LogP contribution in [0.2, 0.25) is 0 Å². The molecule has 2 heterocycles. The Labute approximate surface area is 194 Å². The molecule has 3 aromatic rings. The average Bonchev–Trinajstić information content (AvgIpc) is 2.83. The van der Waals surface area contributed by atoms with E-state index in [0.29, 0.717) is 19.6 Å². The maximum atomic E-state index is 13.3. The normalized spacial score (nSPS) is 15.6. The maximum absolute atomic E-state index is 13.3. The lowest BCUT2D eigenvalue weighted by Gasteiger charge is -2.26. The minimum Gasteiger partial charge on any atom is -0.379 e. The van der Waals surface area contributed by atoms with Gasteiger partial charge in [0.2, 0.25) is 5.91 Å². The monoisotopic (exact) mass is 450 g/mol. The fraction of sp³-hybridized carbons (Fsp3) is 0.400. The van der Waals surface area contributed by atoms with Crippen LogP contribution in [0.15, 0.2) is 59.6 Å². The van der Waals surface area contributed by atoms with Crippen LogP contribution in [0.25, 0.3) is 10.9 Å². The number of amides is 1. The molecule has 1 fully saturated rings. The van der Waals surface area contributed by atoms with Crippen LogP contribution in [-0.2, 0) is 22.6 Å². The number of aromatic nitrogens is 2. The van der Waals surface area contributed by atoms with Crippen LogP contribution < -0.4 is 0 Å². The third kappa shape index (κ3) is 5.65. The van der Waals surface area contributed by atoms with Gasteiger partial charge in [-0.1, -0.05) is 60.3 Å². The van der Waals surface area contributed by atoms with Gasteiger partial charge in [0.1, 0.15) is 10.9 Å². The van der Waals surface area contributed by atoms with Gasteiger partial charge in [0.05, 0.1) is 30.5 Å². The highest BCUT2D eigenvalue weighted by Crippen LogP contribution is 2.30. The van der Waals surface area contributed by atoms with Gasteiger partial charge in [0.15, 0.2) is 0 Å². The topological polar surface area (TPSA) is 58.6 Å². The lowest BCUT2D eigenvalue weighted by molar-refractivity contribution is -0.130. The van der Waals surface area contributed by atoms with Crippen molar-refractivity contribution in [1.82, 2.24) is 19.8 Å². The molecular weight excluding hydrogens is 420 g/mol. The van der Waals surface area contributed by atoms with E-state index in [0.717, 1.165) is 53.6 Å². The van der Waals surface area contributed by atoms with Crippen LogP contribution in [0.4, 0.5) is 0 Å². The summed E-state index contributed by atoms with van der Waals surface area (Å²) in [7, 11) is 0. The molecule has 1 amide bonds. The number of thioether (sulfide) groups is 1. The molecule has 0 aliphatic carbocycles. The summed E-state index contributed by atoms with van der Waals surface area (Å²) in [5.74, 6) is 0.920. The molecule has 1 unspecified atom stereocenters. The van der Waals surface area contributed by atoms with Gasteiger partial charge in [-0.2, -0.15) is 0 Å². The summed E-state index contributed by atoms with van der Waals surface area (Å²) >= 11 is 1.53. The molecule has 0 radical (unpaired) electrons. The first-order chi connectivity index (χ1) is 15.6. The number of para-hydroxylation sites is 1. The van der Waals surface area contributed by atoms with Crippen molar-refractivity contribution in [1.29, 1.82) is 0 Å². The van der Waals surface area contributed by atoms with Gasteiger partial charge in [-0.3, -0.25) is 9.69 Å². The summed E-state index contributed by atoms with van der Waals surface area (Å²) in [6.07, 6.45) is 0. The number of hydrogen-bond acceptors (Lipinski definition) is 6. The van der Waals surface area contributed by atoms with E-state index >= 15 is 0 Å². The van der Waals surface area contributed by atoms with E-state index in [4.69, 9.17) is 14.7 Å². The molecule has 4 rings (SSSR count). The van der Waals surface area contributed by atoms with Crippen molar-refractivity contribution in [2.45, 2.75) is 37.2 Å². The molecule has 7 heteroatoms. The van der Waals surface area contributed by atoms with Crippen molar-refractivity contribution < 1.29 is 9.53 Å². The van der Waals surface area contributed by atoms with E-state index in [-0.39, 0.29) is 11.2 Å². The van der Waals surface area contributed by atoms with E-state index in [1.807, 2.05) is 61.2 Å². The van der Waals surface area contributed by atoms with Gasteiger partial charge in [0.25, 0.3) is 0 Å². The molecule has 32 heavy (non-hydrogen) atoms. The van der Waals surface area contributed by atoms with Crippen LogP contribution >= 0.6 is 11.8 Å². The predicted molar refractivity (Wildman–Crippen MR) is 128 cm³/mol. The summed E-state index contributed by atoms with van der Waals surface area (Å²) in [5, 5.41) is 1.62. The van der Waals surface area contributed by atoms with Gasteiger partial charge in [0, 0.05) is 31.6 Å². The molecule has 1 aromatic heterocycles. The summed E-state index contributed by atoms with van der Waals surface area (Å²) in [4.78, 5) is 27.2. The first-order valence-electron chi connectivity index (χ1n) is 11.2. The zero-order valence-corrected chi connectivity index (χ0v) is 19.6. The number of carbonyl (C=O) groups excluding carboxylic acids is 1. The number of morpholine rings is 1. The maximum Gasteiger partial charge on any atom is 0.236 e. The number of carbonyl (C=O) groups is 1. The van der Waals surface area contributed by atoms with Crippen LogP contribution in [0.3, 0.4) is 0 Å². The Kier molecular flexibility index (Phi) is 7.73. The van der Waals surface area contributed by atoms with Crippen LogP contribution in [0.1, 0.15) is 25.2 Å². The van der Waals surface area contributed by atoms with Crippen molar-refractivity contribution in [3.63, 3.8) is 0 Å². The zero-order chi connectivity index (χ0) is 22.3. The van der Waals surface area contributed by atoms with Gasteiger partial charge in [-0.05, 0) is 25.5 Å². The Morgan fingerprint density at radius 2 is 1.81 bits per heavy atom. The van der Waals surface area contributed by atoms with Crippen LogP contribution in [-0.4, -0.2) is 63.8 Å². The minimum atomic E-state index is -0.242. The lowest BCUT2D eigenvalue weighted by Crippen LogP contribution is -2.36. The van der Waals surface area contributed by atoms with Crippen molar-refractivity contribution in [3.05, 3.63) is 66.0 Å². The summed E-state index contributed by atoms with van der Waals surface area (Å²) in [6.45, 7) is 9.25. The SMILES string of the molecule is CCN(Cc1ccccc1)C(=O)C(C)Sc1nc(CN2CCOCC2)nc2ccccc12. The molecule has 0 N–H and O–H groups in total. The molecule has 1 aliphatic rings. The Hall–Kier alpha value is -2.48. The van der Waals surface area contributed by atoms with E-state index in [2.05, 4.69) is 17.0 Å². The average molecular weight is 451 g/mol. The predicted octanol–water partition coefficient (Wildman–Crippen LogP) is 3.99. The first kappa shape index (κ1) is 22.7. The standard InChI is InChI=1S/C25H30N4O2S/c1-3-29(17-20-9-5-4-6-10-20)25(30)19(2)32-24-21-11-7-8-12-22(21)26-23(27-24)18-28-13-15-31-16-14-28/h4-12,19H,3,13-18H2,1-2H3. The largest absolute Gasteiger partial charge is 0.379 e. The van der Waals surface area contributed by atoms with Crippen molar-refractivity contribution >= 4 is 28.6 Å². The number of ether oxygens (including phenoxy) is 1.